The lowest BCUT2D eigenvalue weighted by Gasteiger charge is -2.16. The largest absolute Gasteiger partial charge is 0.298 e. The van der Waals surface area contributed by atoms with Crippen molar-refractivity contribution in [3.63, 3.8) is 0 Å². The Bertz CT molecular complexity index is 584. The van der Waals surface area contributed by atoms with Crippen LogP contribution in [-0.2, 0) is 9.59 Å². The van der Waals surface area contributed by atoms with Crippen molar-refractivity contribution in [3.05, 3.63) is 47.5 Å². The van der Waals surface area contributed by atoms with Crippen molar-refractivity contribution in [1.82, 2.24) is 0 Å². The van der Waals surface area contributed by atoms with Gasteiger partial charge in [0, 0.05) is 17.4 Å². The smallest absolute Gasteiger partial charge is 0.159 e. The van der Waals surface area contributed by atoms with Crippen molar-refractivity contribution in [2.24, 2.45) is 11.8 Å². The van der Waals surface area contributed by atoms with Gasteiger partial charge in [0.2, 0.25) is 0 Å². The molecule has 3 nitrogen and oxygen atoms in total. The lowest BCUT2D eigenvalue weighted by atomic mass is 9.85. The van der Waals surface area contributed by atoms with Crippen molar-refractivity contribution in [2.75, 3.05) is 0 Å². The van der Waals surface area contributed by atoms with Gasteiger partial charge in [0.05, 0.1) is 0 Å². The SMILES string of the molecule is CC(=O)c1ccc(C2C(=O)C3CC=CCC3C2=O)cc1. The molecule has 0 bridgehead atoms. The number of Topliss-reactive ketones (excluding diaryl/α,β-unsaturated/α-hetero) is 3. The summed E-state index contributed by atoms with van der Waals surface area (Å²) in [7, 11) is 0. The summed E-state index contributed by atoms with van der Waals surface area (Å²) < 4.78 is 0. The highest BCUT2D eigenvalue weighted by atomic mass is 16.2. The van der Waals surface area contributed by atoms with Gasteiger partial charge in [-0.1, -0.05) is 36.4 Å². The van der Waals surface area contributed by atoms with Crippen molar-refractivity contribution in [3.8, 4) is 0 Å². The van der Waals surface area contributed by atoms with Crippen molar-refractivity contribution in [1.29, 1.82) is 0 Å². The van der Waals surface area contributed by atoms with Gasteiger partial charge in [-0.2, -0.15) is 0 Å². The molecule has 0 aliphatic heterocycles. The minimum atomic E-state index is -0.633. The fourth-order valence-corrected chi connectivity index (χ4v) is 3.25. The molecule has 0 radical (unpaired) electrons. The number of benzene rings is 1. The minimum Gasteiger partial charge on any atom is -0.298 e. The van der Waals surface area contributed by atoms with E-state index in [-0.39, 0.29) is 29.2 Å². The first kappa shape index (κ1) is 13.0. The third-order valence-electron chi connectivity index (χ3n) is 4.38. The highest BCUT2D eigenvalue weighted by molar-refractivity contribution is 6.16. The number of hydrogen-bond donors (Lipinski definition) is 0. The third-order valence-corrected chi connectivity index (χ3v) is 4.38. The molecule has 0 saturated heterocycles. The summed E-state index contributed by atoms with van der Waals surface area (Å²) in [4.78, 5) is 36.2. The van der Waals surface area contributed by atoms with Gasteiger partial charge in [0.1, 0.15) is 5.92 Å². The molecule has 1 fully saturated rings. The highest BCUT2D eigenvalue weighted by Crippen LogP contribution is 2.42. The summed E-state index contributed by atoms with van der Waals surface area (Å²) in [6.07, 6.45) is 5.34. The zero-order valence-electron chi connectivity index (χ0n) is 11.3. The maximum Gasteiger partial charge on any atom is 0.159 e. The lowest BCUT2D eigenvalue weighted by molar-refractivity contribution is -0.125. The molecule has 2 unspecified atom stereocenters. The van der Waals surface area contributed by atoms with Gasteiger partial charge in [-0.15, -0.1) is 0 Å². The molecule has 0 aromatic heterocycles. The second-order valence-electron chi connectivity index (χ2n) is 5.57. The Labute approximate surface area is 117 Å². The Balaban J connectivity index is 1.92. The van der Waals surface area contributed by atoms with E-state index in [1.54, 1.807) is 24.3 Å². The van der Waals surface area contributed by atoms with E-state index in [0.29, 0.717) is 18.4 Å². The van der Waals surface area contributed by atoms with Crippen LogP contribution in [0.3, 0.4) is 0 Å². The molecule has 0 N–H and O–H groups in total. The molecule has 3 rings (SSSR count). The lowest BCUT2D eigenvalue weighted by Crippen LogP contribution is -2.18. The Hall–Kier alpha value is -2.03. The van der Waals surface area contributed by atoms with Gasteiger partial charge in [0.15, 0.2) is 17.3 Å². The van der Waals surface area contributed by atoms with Gasteiger partial charge >= 0.3 is 0 Å². The zero-order chi connectivity index (χ0) is 14.3. The van der Waals surface area contributed by atoms with Gasteiger partial charge in [-0.3, -0.25) is 14.4 Å². The van der Waals surface area contributed by atoms with Crippen molar-refractivity contribution < 1.29 is 14.4 Å². The maximum atomic E-state index is 12.4. The minimum absolute atomic E-state index is 0.0153. The molecular weight excluding hydrogens is 252 g/mol. The van der Waals surface area contributed by atoms with E-state index in [1.807, 2.05) is 12.2 Å². The molecule has 102 valence electrons. The summed E-state index contributed by atoms with van der Waals surface area (Å²) in [5, 5.41) is 0. The van der Waals surface area contributed by atoms with Crippen LogP contribution in [0.1, 0.15) is 41.6 Å². The second-order valence-corrected chi connectivity index (χ2v) is 5.57. The molecule has 3 heteroatoms. The molecule has 1 saturated carbocycles. The van der Waals surface area contributed by atoms with E-state index in [1.165, 1.54) is 6.92 Å². The van der Waals surface area contributed by atoms with Crippen LogP contribution in [0.25, 0.3) is 0 Å². The van der Waals surface area contributed by atoms with E-state index >= 15 is 0 Å². The summed E-state index contributed by atoms with van der Waals surface area (Å²) in [5.74, 6) is -0.862. The van der Waals surface area contributed by atoms with Crippen LogP contribution >= 0.6 is 0 Å². The van der Waals surface area contributed by atoms with Crippen molar-refractivity contribution in [2.45, 2.75) is 25.7 Å². The fourth-order valence-electron chi connectivity index (χ4n) is 3.25. The monoisotopic (exact) mass is 268 g/mol. The van der Waals surface area contributed by atoms with E-state index in [4.69, 9.17) is 0 Å². The van der Waals surface area contributed by atoms with Crippen LogP contribution in [0.2, 0.25) is 0 Å². The first-order valence-electron chi connectivity index (χ1n) is 6.93. The van der Waals surface area contributed by atoms with Crippen LogP contribution < -0.4 is 0 Å². The molecular formula is C17H16O3. The van der Waals surface area contributed by atoms with Crippen molar-refractivity contribution >= 4 is 17.3 Å². The number of fused-ring (bicyclic) bond motifs is 1. The average Bonchev–Trinajstić information content (AvgIpc) is 2.72. The van der Waals surface area contributed by atoms with Gasteiger partial charge in [-0.25, -0.2) is 0 Å². The molecule has 1 aromatic carbocycles. The van der Waals surface area contributed by atoms with Gasteiger partial charge in [-0.05, 0) is 25.3 Å². The molecule has 2 aliphatic rings. The number of allylic oxidation sites excluding steroid dienone is 2. The van der Waals surface area contributed by atoms with Crippen LogP contribution in [0.15, 0.2) is 36.4 Å². The molecule has 0 heterocycles. The van der Waals surface area contributed by atoms with Gasteiger partial charge < -0.3 is 0 Å². The average molecular weight is 268 g/mol. The van der Waals surface area contributed by atoms with Gasteiger partial charge in [0.25, 0.3) is 0 Å². The Kier molecular flexibility index (Phi) is 3.13. The molecule has 2 aliphatic carbocycles. The normalized spacial score (nSPS) is 28.6. The Morgan fingerprint density at radius 2 is 1.45 bits per heavy atom. The van der Waals surface area contributed by atoms with E-state index < -0.39 is 5.92 Å². The quantitative estimate of drug-likeness (QED) is 0.471. The van der Waals surface area contributed by atoms with Crippen LogP contribution in [0.4, 0.5) is 0 Å². The van der Waals surface area contributed by atoms with Crippen LogP contribution in [0.5, 0.6) is 0 Å². The number of carbonyl (C=O) groups is 3. The summed E-state index contributed by atoms with van der Waals surface area (Å²) in [6.45, 7) is 1.50. The van der Waals surface area contributed by atoms with Crippen LogP contribution in [0, 0.1) is 11.8 Å². The summed E-state index contributed by atoms with van der Waals surface area (Å²) in [6, 6.07) is 6.86. The van der Waals surface area contributed by atoms with Crippen LogP contribution in [-0.4, -0.2) is 17.3 Å². The fraction of sp³-hybridized carbons (Fsp3) is 0.353. The zero-order valence-corrected chi connectivity index (χ0v) is 11.3. The summed E-state index contributed by atoms with van der Waals surface area (Å²) >= 11 is 0. The highest BCUT2D eigenvalue weighted by Gasteiger charge is 2.49. The standard InChI is InChI=1S/C17H16O3/c1-10(18)11-6-8-12(9-7-11)15-16(19)13-4-2-3-5-14(13)17(15)20/h2-3,6-9,13-15H,4-5H2,1H3. The molecule has 20 heavy (non-hydrogen) atoms. The second kappa shape index (κ2) is 4.82. The number of carbonyl (C=O) groups excluding carboxylic acids is 3. The van der Waals surface area contributed by atoms with E-state index in [9.17, 15) is 14.4 Å². The third kappa shape index (κ3) is 1.94. The predicted molar refractivity (Wildman–Crippen MR) is 74.6 cm³/mol. The first-order valence-corrected chi connectivity index (χ1v) is 6.93. The Morgan fingerprint density at radius 1 is 0.950 bits per heavy atom. The molecule has 1 aromatic rings. The number of rotatable bonds is 2. The maximum absolute atomic E-state index is 12.4. The molecule has 0 spiro atoms. The summed E-state index contributed by atoms with van der Waals surface area (Å²) in [5.41, 5.74) is 1.32. The molecule has 2 atom stereocenters. The first-order chi connectivity index (χ1) is 9.59. The number of hydrogen-bond acceptors (Lipinski definition) is 3. The Morgan fingerprint density at radius 3 is 1.90 bits per heavy atom. The number of ketones is 3. The van der Waals surface area contributed by atoms with E-state index in [0.717, 1.165) is 5.56 Å². The topological polar surface area (TPSA) is 51.2 Å². The molecule has 0 amide bonds. The predicted octanol–water partition coefficient (Wildman–Crippen LogP) is 2.71. The van der Waals surface area contributed by atoms with E-state index in [2.05, 4.69) is 0 Å².